The summed E-state index contributed by atoms with van der Waals surface area (Å²) in [5.41, 5.74) is -1.80. The number of carboxylic acid groups (broad SMARTS) is 2. The van der Waals surface area contributed by atoms with Gasteiger partial charge in [0.05, 0.1) is 0 Å². The van der Waals surface area contributed by atoms with Gasteiger partial charge in [-0.15, -0.1) is 0 Å². The Balaban J connectivity index is 0. The minimum absolute atomic E-state index is 0.621. The van der Waals surface area contributed by atoms with Crippen LogP contribution >= 0.6 is 0 Å². The molecule has 0 aliphatic carbocycles. The monoisotopic (exact) mass is 230 g/mol. The molecule has 0 heterocycles. The van der Waals surface area contributed by atoms with Gasteiger partial charge in [0, 0.05) is 0 Å². The minimum atomic E-state index is -1.80. The van der Waals surface area contributed by atoms with E-state index in [-0.39, 0.29) is 0 Å². The van der Waals surface area contributed by atoms with Crippen LogP contribution < -0.4 is 0 Å². The van der Waals surface area contributed by atoms with E-state index in [0.29, 0.717) is 6.42 Å². The molecule has 0 amide bonds. The van der Waals surface area contributed by atoms with Gasteiger partial charge >= 0.3 is 11.9 Å². The lowest BCUT2D eigenvalue weighted by Crippen LogP contribution is -2.34. The van der Waals surface area contributed by atoms with Crippen LogP contribution in [0, 0.1) is 5.41 Å². The van der Waals surface area contributed by atoms with Crippen LogP contribution in [0.2, 0.25) is 0 Å². The van der Waals surface area contributed by atoms with E-state index in [2.05, 4.69) is 13.8 Å². The van der Waals surface area contributed by atoms with E-state index in [1.54, 1.807) is 6.92 Å². The van der Waals surface area contributed by atoms with Crippen LogP contribution in [0.5, 0.6) is 0 Å². The van der Waals surface area contributed by atoms with Gasteiger partial charge in [-0.3, -0.25) is 9.59 Å². The third-order valence-corrected chi connectivity index (χ3v) is 2.08. The smallest absolute Gasteiger partial charge is 0.324 e. The van der Waals surface area contributed by atoms with Gasteiger partial charge in [0.2, 0.25) is 0 Å². The maximum atomic E-state index is 10.5. The van der Waals surface area contributed by atoms with Gasteiger partial charge in [0.25, 0.3) is 0 Å². The zero-order chi connectivity index (χ0) is 13.2. The summed E-state index contributed by atoms with van der Waals surface area (Å²) in [6.45, 7) is 7.32. The second kappa shape index (κ2) is 8.95. The molecule has 0 rings (SSSR count). The third-order valence-electron chi connectivity index (χ3n) is 2.08. The van der Waals surface area contributed by atoms with E-state index >= 15 is 0 Å². The Morgan fingerprint density at radius 1 is 1.06 bits per heavy atom. The zero-order valence-electron chi connectivity index (χ0n) is 10.5. The van der Waals surface area contributed by atoms with Gasteiger partial charge in [-0.2, -0.15) is 0 Å². The van der Waals surface area contributed by atoms with Gasteiger partial charge in [-0.1, -0.05) is 45.8 Å². The van der Waals surface area contributed by atoms with Crippen molar-refractivity contribution in [3.63, 3.8) is 0 Å². The average molecular weight is 230 g/mol. The largest absolute Gasteiger partial charge is 0.480 e. The van der Waals surface area contributed by atoms with Gasteiger partial charge in [-0.05, 0) is 13.3 Å². The van der Waals surface area contributed by atoms with Gasteiger partial charge < -0.3 is 10.2 Å². The Labute approximate surface area is 97.0 Å². The molecule has 2 N–H and O–H groups in total. The normalized spacial score (nSPS) is 10.8. The van der Waals surface area contributed by atoms with E-state index < -0.39 is 17.4 Å². The van der Waals surface area contributed by atoms with Crippen molar-refractivity contribution >= 4 is 11.9 Å². The Morgan fingerprint density at radius 2 is 1.44 bits per heavy atom. The fraction of sp³-hybridized carbons (Fsp3) is 0.667. The van der Waals surface area contributed by atoms with Crippen molar-refractivity contribution in [3.05, 3.63) is 12.2 Å². The highest BCUT2D eigenvalue weighted by Gasteiger charge is 2.38. The predicted octanol–water partition coefficient (Wildman–Crippen LogP) is 2.93. The van der Waals surface area contributed by atoms with Gasteiger partial charge in [0.1, 0.15) is 0 Å². The molecule has 0 radical (unpaired) electrons. The highest BCUT2D eigenvalue weighted by Crippen LogP contribution is 2.19. The molecular formula is C12H22O4. The number of hydrogen-bond donors (Lipinski definition) is 2. The molecule has 0 unspecified atom stereocenters. The molecule has 0 aliphatic heterocycles. The first-order valence-electron chi connectivity index (χ1n) is 5.51. The molecule has 0 spiro atoms. The number of unbranched alkanes of at least 4 members (excludes halogenated alkanes) is 1. The van der Waals surface area contributed by atoms with Crippen LogP contribution in [0.4, 0.5) is 0 Å². The van der Waals surface area contributed by atoms with Crippen LogP contribution in [-0.4, -0.2) is 22.2 Å². The summed E-state index contributed by atoms with van der Waals surface area (Å²) in [6, 6.07) is 0. The summed E-state index contributed by atoms with van der Waals surface area (Å²) >= 11 is 0. The van der Waals surface area contributed by atoms with Crippen molar-refractivity contribution in [1.29, 1.82) is 0 Å². The second-order valence-corrected chi connectivity index (χ2v) is 3.62. The van der Waals surface area contributed by atoms with E-state index in [4.69, 9.17) is 10.2 Å². The average Bonchev–Trinajstić information content (AvgIpc) is 2.25. The quantitative estimate of drug-likeness (QED) is 0.562. The summed E-state index contributed by atoms with van der Waals surface area (Å²) in [4.78, 5) is 21.1. The zero-order valence-corrected chi connectivity index (χ0v) is 10.5. The van der Waals surface area contributed by atoms with E-state index in [9.17, 15) is 9.59 Å². The fourth-order valence-corrected chi connectivity index (χ4v) is 0.588. The van der Waals surface area contributed by atoms with E-state index in [1.807, 2.05) is 0 Å². The van der Waals surface area contributed by atoms with Crippen molar-refractivity contribution in [2.24, 2.45) is 5.41 Å². The van der Waals surface area contributed by atoms with Crippen molar-refractivity contribution < 1.29 is 19.8 Å². The lowest BCUT2D eigenvalue weighted by molar-refractivity contribution is -0.159. The van der Waals surface area contributed by atoms with E-state index in [1.165, 1.54) is 25.0 Å². The molecule has 16 heavy (non-hydrogen) atoms. The number of hydrogen-bond acceptors (Lipinski definition) is 2. The van der Waals surface area contributed by atoms with Crippen LogP contribution in [0.15, 0.2) is 12.2 Å². The summed E-state index contributed by atoms with van der Waals surface area (Å²) < 4.78 is 0. The number of carbonyl (C=O) groups is 2. The summed E-state index contributed by atoms with van der Waals surface area (Å²) in [5, 5.41) is 17.2. The molecule has 0 bridgehead atoms. The van der Waals surface area contributed by atoms with Crippen molar-refractivity contribution in [2.45, 2.75) is 47.0 Å². The number of carboxylic acids is 2. The Bertz CT molecular complexity index is 227. The Morgan fingerprint density at radius 3 is 1.62 bits per heavy atom. The van der Waals surface area contributed by atoms with E-state index in [0.717, 1.165) is 6.92 Å². The van der Waals surface area contributed by atoms with Gasteiger partial charge in [-0.25, -0.2) is 0 Å². The molecule has 0 aromatic rings. The van der Waals surface area contributed by atoms with Gasteiger partial charge in [0.15, 0.2) is 5.41 Å². The molecule has 0 aliphatic rings. The first kappa shape index (κ1) is 17.1. The molecule has 0 atom stereocenters. The third kappa shape index (κ3) is 6.22. The maximum absolute atomic E-state index is 10.5. The molecule has 0 aromatic carbocycles. The molecule has 94 valence electrons. The first-order chi connectivity index (χ1) is 7.36. The minimum Gasteiger partial charge on any atom is -0.480 e. The molecule has 0 fully saturated rings. The topological polar surface area (TPSA) is 74.6 Å². The SMILES string of the molecule is CC/C=C/C(C)(C(=O)O)C(=O)O.CCCC. The number of allylic oxidation sites excluding steroid dienone is 1. The highest BCUT2D eigenvalue weighted by molar-refractivity contribution is 5.99. The second-order valence-electron chi connectivity index (χ2n) is 3.62. The van der Waals surface area contributed by atoms with Crippen LogP contribution in [-0.2, 0) is 9.59 Å². The molecule has 0 saturated carbocycles. The standard InChI is InChI=1S/C8H12O4.C4H10/c1-3-4-5-8(2,6(9)10)7(11)12;1-3-4-2/h4-5H,3H2,1-2H3,(H,9,10)(H,11,12);3-4H2,1-2H3/b5-4+;. The Kier molecular flexibility index (Phi) is 9.55. The van der Waals surface area contributed by atoms with Crippen molar-refractivity contribution in [1.82, 2.24) is 0 Å². The summed E-state index contributed by atoms with van der Waals surface area (Å²) in [6.07, 6.45) is 5.98. The molecule has 4 heteroatoms. The predicted molar refractivity (Wildman–Crippen MR) is 63.4 cm³/mol. The summed E-state index contributed by atoms with van der Waals surface area (Å²) in [5.74, 6) is -2.69. The number of aliphatic carboxylic acids is 2. The van der Waals surface area contributed by atoms with Crippen molar-refractivity contribution in [3.8, 4) is 0 Å². The van der Waals surface area contributed by atoms with Crippen LogP contribution in [0.25, 0.3) is 0 Å². The van der Waals surface area contributed by atoms with Crippen molar-refractivity contribution in [2.75, 3.05) is 0 Å². The molecule has 0 saturated heterocycles. The molecule has 4 nitrogen and oxygen atoms in total. The first-order valence-corrected chi connectivity index (χ1v) is 5.51. The fourth-order valence-electron chi connectivity index (χ4n) is 0.588. The maximum Gasteiger partial charge on any atom is 0.324 e. The molecular weight excluding hydrogens is 208 g/mol. The Hall–Kier alpha value is -1.32. The molecule has 0 aromatic heterocycles. The summed E-state index contributed by atoms with van der Waals surface area (Å²) in [7, 11) is 0. The number of rotatable bonds is 5. The lowest BCUT2D eigenvalue weighted by Gasteiger charge is -2.13. The van der Waals surface area contributed by atoms with Crippen LogP contribution in [0.1, 0.15) is 47.0 Å². The highest BCUT2D eigenvalue weighted by atomic mass is 16.4. The van der Waals surface area contributed by atoms with Crippen LogP contribution in [0.3, 0.4) is 0 Å². The lowest BCUT2D eigenvalue weighted by atomic mass is 9.90.